The minimum Gasteiger partial charge on any atom is -0.422 e. The number of β-amino-alcohol motifs (C(OH)–C–C–N with tert-alkyl or cyclic N) is 1. The van der Waals surface area contributed by atoms with Gasteiger partial charge in [0.15, 0.2) is 5.58 Å². The summed E-state index contributed by atoms with van der Waals surface area (Å²) in [6.07, 6.45) is 3.11. The number of carbonyl (C=O) groups excluding carboxylic acids is 1. The normalized spacial score (nSPS) is 18.9. The van der Waals surface area contributed by atoms with Crippen LogP contribution < -0.4 is 20.9 Å². The summed E-state index contributed by atoms with van der Waals surface area (Å²) in [7, 11) is 1.64. The number of morpholine rings is 1. The molecule has 2 aliphatic heterocycles. The molecular weight excluding hydrogens is 464 g/mol. The second-order valence-electron chi connectivity index (χ2n) is 8.54. The number of fused-ring (bicyclic) bond motifs is 1. The predicted molar refractivity (Wildman–Crippen MR) is 136 cm³/mol. The van der Waals surface area contributed by atoms with Crippen LogP contribution in [0.1, 0.15) is 22.5 Å². The molecule has 1 atom stereocenters. The Labute approximate surface area is 207 Å². The van der Waals surface area contributed by atoms with Gasteiger partial charge in [0.1, 0.15) is 11.6 Å². The lowest BCUT2D eigenvalue weighted by Crippen LogP contribution is -2.36. The van der Waals surface area contributed by atoms with Crippen LogP contribution in [0.15, 0.2) is 39.9 Å². The number of nitrogens with two attached hydrogens (primary N) is 1. The van der Waals surface area contributed by atoms with Crippen LogP contribution in [-0.2, 0) is 4.74 Å². The standard InChI is InChI=1S/C24H28N8O4/c1-26-13-15(12-25)18-3-2-4-20(27-18)28-23(34)17-11-19-21(29-22(17)32-6-5-16(33)14-32)30-24(36-19)31-7-9-35-10-8-31/h2-4,11-13,16,33H,5-10,14,25H2,1H3,(H,27,28,34)/b15-12+,26-13?. The van der Waals surface area contributed by atoms with E-state index in [1.165, 1.54) is 6.20 Å². The molecule has 0 aromatic carbocycles. The Bertz CT molecular complexity index is 1310. The molecular formula is C24H28N8O4. The zero-order valence-electron chi connectivity index (χ0n) is 19.9. The van der Waals surface area contributed by atoms with E-state index in [0.717, 1.165) is 0 Å². The molecule has 4 N–H and O–H groups in total. The summed E-state index contributed by atoms with van der Waals surface area (Å²) in [5, 5.41) is 13.0. The second-order valence-corrected chi connectivity index (χ2v) is 8.54. The number of aliphatic hydroxyl groups is 1. The third-order valence-corrected chi connectivity index (χ3v) is 6.07. The van der Waals surface area contributed by atoms with Crippen molar-refractivity contribution >= 4 is 46.6 Å². The SMILES string of the molecule is CN=C/C(=C\N)c1cccc(NC(=O)c2cc3oc(N4CCOCC4)nc3nc2N2CCC(O)C2)n1. The first-order valence-corrected chi connectivity index (χ1v) is 11.8. The molecule has 2 fully saturated rings. The van der Waals surface area contributed by atoms with Crippen molar-refractivity contribution < 1.29 is 19.1 Å². The average molecular weight is 493 g/mol. The van der Waals surface area contributed by atoms with Crippen molar-refractivity contribution in [3.05, 3.63) is 41.7 Å². The number of oxazole rings is 1. The monoisotopic (exact) mass is 492 g/mol. The number of hydrogen-bond acceptors (Lipinski definition) is 11. The molecule has 0 radical (unpaired) electrons. The lowest BCUT2D eigenvalue weighted by molar-refractivity contribution is 0.102. The van der Waals surface area contributed by atoms with Crippen LogP contribution in [0.5, 0.6) is 0 Å². The topological polar surface area (TPSA) is 155 Å². The largest absolute Gasteiger partial charge is 0.422 e. The van der Waals surface area contributed by atoms with Gasteiger partial charge in [0.2, 0.25) is 5.65 Å². The van der Waals surface area contributed by atoms with Crippen molar-refractivity contribution in [1.29, 1.82) is 0 Å². The molecule has 1 amide bonds. The van der Waals surface area contributed by atoms with Crippen molar-refractivity contribution in [2.24, 2.45) is 10.7 Å². The summed E-state index contributed by atoms with van der Waals surface area (Å²) < 4.78 is 11.4. The third kappa shape index (κ3) is 4.86. The highest BCUT2D eigenvalue weighted by molar-refractivity contribution is 6.10. The molecule has 5 rings (SSSR count). The summed E-state index contributed by atoms with van der Waals surface area (Å²) in [6, 6.07) is 7.33. The van der Waals surface area contributed by atoms with Gasteiger partial charge in [0, 0.05) is 57.3 Å². The van der Waals surface area contributed by atoms with Crippen LogP contribution >= 0.6 is 0 Å². The molecule has 0 spiro atoms. The summed E-state index contributed by atoms with van der Waals surface area (Å²) in [5.74, 6) is 0.382. The Morgan fingerprint density at radius 1 is 1.22 bits per heavy atom. The molecule has 1 unspecified atom stereocenters. The Morgan fingerprint density at radius 3 is 2.78 bits per heavy atom. The highest BCUT2D eigenvalue weighted by Crippen LogP contribution is 2.30. The van der Waals surface area contributed by atoms with E-state index in [1.807, 2.05) is 9.80 Å². The van der Waals surface area contributed by atoms with E-state index >= 15 is 0 Å². The van der Waals surface area contributed by atoms with Crippen molar-refractivity contribution in [3.63, 3.8) is 0 Å². The van der Waals surface area contributed by atoms with Gasteiger partial charge in [-0.05, 0) is 18.6 Å². The minimum absolute atomic E-state index is 0.304. The molecule has 5 heterocycles. The van der Waals surface area contributed by atoms with E-state index in [-0.39, 0.29) is 0 Å². The maximum absolute atomic E-state index is 13.5. The summed E-state index contributed by atoms with van der Waals surface area (Å²) in [6.45, 7) is 3.46. The van der Waals surface area contributed by atoms with Gasteiger partial charge in [-0.1, -0.05) is 6.07 Å². The quantitative estimate of drug-likeness (QED) is 0.429. The Morgan fingerprint density at radius 2 is 2.06 bits per heavy atom. The number of allylic oxidation sites excluding steroid dienone is 1. The Balaban J connectivity index is 1.49. The first-order valence-electron chi connectivity index (χ1n) is 11.8. The lowest BCUT2D eigenvalue weighted by atomic mass is 10.2. The van der Waals surface area contributed by atoms with Crippen molar-refractivity contribution in [2.75, 3.05) is 61.6 Å². The van der Waals surface area contributed by atoms with Crippen molar-refractivity contribution in [3.8, 4) is 0 Å². The molecule has 36 heavy (non-hydrogen) atoms. The van der Waals surface area contributed by atoms with E-state index in [2.05, 4.69) is 25.3 Å². The molecule has 12 nitrogen and oxygen atoms in total. The number of ether oxygens (including phenoxy) is 1. The zero-order valence-corrected chi connectivity index (χ0v) is 19.9. The summed E-state index contributed by atoms with van der Waals surface area (Å²) in [5.41, 5.74) is 8.01. The van der Waals surface area contributed by atoms with Gasteiger partial charge >= 0.3 is 0 Å². The fraction of sp³-hybridized carbons (Fsp3) is 0.375. The molecule has 3 aromatic heterocycles. The van der Waals surface area contributed by atoms with Gasteiger partial charge in [0.25, 0.3) is 11.9 Å². The van der Waals surface area contributed by atoms with Gasteiger partial charge in [-0.2, -0.15) is 4.98 Å². The fourth-order valence-corrected chi connectivity index (χ4v) is 4.26. The molecule has 3 aromatic rings. The predicted octanol–water partition coefficient (Wildman–Crippen LogP) is 1.28. The number of anilines is 3. The summed E-state index contributed by atoms with van der Waals surface area (Å²) >= 11 is 0. The lowest BCUT2D eigenvalue weighted by Gasteiger charge is -2.24. The fourth-order valence-electron chi connectivity index (χ4n) is 4.26. The molecule has 2 saturated heterocycles. The van der Waals surface area contributed by atoms with E-state index in [0.29, 0.717) is 91.5 Å². The van der Waals surface area contributed by atoms with Crippen molar-refractivity contribution in [1.82, 2.24) is 15.0 Å². The van der Waals surface area contributed by atoms with Crippen LogP contribution in [0, 0.1) is 0 Å². The first kappa shape index (κ1) is 23.7. The highest BCUT2D eigenvalue weighted by Gasteiger charge is 2.28. The van der Waals surface area contributed by atoms with Gasteiger partial charge in [0.05, 0.1) is 30.6 Å². The molecule has 0 saturated carbocycles. The number of nitrogens with one attached hydrogen (secondary N) is 1. The van der Waals surface area contributed by atoms with Crippen LogP contribution in [0.3, 0.4) is 0 Å². The molecule has 0 aliphatic carbocycles. The number of nitrogens with zero attached hydrogens (tertiary/aromatic N) is 6. The van der Waals surface area contributed by atoms with Gasteiger partial charge < -0.3 is 35.1 Å². The molecule has 188 valence electrons. The number of pyridine rings is 2. The number of aromatic nitrogens is 3. The average Bonchev–Trinajstić information content (AvgIpc) is 3.53. The summed E-state index contributed by atoms with van der Waals surface area (Å²) in [4.78, 5) is 35.1. The number of carbonyl (C=O) groups is 1. The number of aliphatic hydroxyl groups excluding tert-OH is 1. The van der Waals surface area contributed by atoms with Crippen LogP contribution in [-0.4, -0.2) is 84.7 Å². The molecule has 0 bridgehead atoms. The van der Waals surface area contributed by atoms with E-state index in [1.54, 1.807) is 37.5 Å². The molecule has 2 aliphatic rings. The maximum atomic E-state index is 13.5. The van der Waals surface area contributed by atoms with E-state index < -0.39 is 12.0 Å². The van der Waals surface area contributed by atoms with Gasteiger partial charge in [-0.15, -0.1) is 0 Å². The third-order valence-electron chi connectivity index (χ3n) is 6.07. The van der Waals surface area contributed by atoms with E-state index in [4.69, 9.17) is 14.9 Å². The van der Waals surface area contributed by atoms with Crippen LogP contribution in [0.2, 0.25) is 0 Å². The van der Waals surface area contributed by atoms with Crippen LogP contribution in [0.25, 0.3) is 16.8 Å². The second kappa shape index (κ2) is 10.3. The van der Waals surface area contributed by atoms with E-state index in [9.17, 15) is 9.90 Å². The Hall–Kier alpha value is -4.03. The minimum atomic E-state index is -0.486. The molecule has 12 heteroatoms. The number of rotatable bonds is 6. The van der Waals surface area contributed by atoms with Gasteiger partial charge in [-0.3, -0.25) is 9.79 Å². The number of hydrogen-bond donors (Lipinski definition) is 3. The maximum Gasteiger partial charge on any atom is 0.300 e. The Kier molecular flexibility index (Phi) is 6.78. The van der Waals surface area contributed by atoms with Gasteiger partial charge in [-0.25, -0.2) is 9.97 Å². The first-order chi connectivity index (χ1) is 17.6. The highest BCUT2D eigenvalue weighted by atomic mass is 16.5. The zero-order chi connectivity index (χ0) is 25.1. The number of amides is 1. The van der Waals surface area contributed by atoms with Crippen LogP contribution in [0.4, 0.5) is 17.7 Å². The number of aliphatic imine (C=N–C) groups is 1. The smallest absolute Gasteiger partial charge is 0.300 e. The van der Waals surface area contributed by atoms with Crippen molar-refractivity contribution in [2.45, 2.75) is 12.5 Å².